The molecule has 0 amide bonds. The SMILES string of the molecule is O=C(c1ccc(Cl)cc1)c1cccc[n+]1Cc1ccccc1S(=O)(=O)O. The molecule has 0 aliphatic heterocycles. The molecule has 0 spiro atoms. The van der Waals surface area contributed by atoms with Crippen LogP contribution in [0.25, 0.3) is 0 Å². The van der Waals surface area contributed by atoms with Crippen molar-refractivity contribution >= 4 is 27.5 Å². The number of carbonyl (C=O) groups is 1. The minimum atomic E-state index is -4.36. The van der Waals surface area contributed by atoms with Crippen molar-refractivity contribution in [1.29, 1.82) is 0 Å². The molecule has 0 fully saturated rings. The van der Waals surface area contributed by atoms with Crippen molar-refractivity contribution in [2.24, 2.45) is 0 Å². The van der Waals surface area contributed by atoms with Gasteiger partial charge in [-0.2, -0.15) is 13.0 Å². The maximum absolute atomic E-state index is 12.8. The molecule has 3 aromatic rings. The van der Waals surface area contributed by atoms with Crippen LogP contribution in [0.3, 0.4) is 0 Å². The molecule has 0 atom stereocenters. The van der Waals surface area contributed by atoms with Crippen LogP contribution < -0.4 is 4.57 Å². The zero-order chi connectivity index (χ0) is 18.7. The fourth-order valence-corrected chi connectivity index (χ4v) is 3.48. The summed E-state index contributed by atoms with van der Waals surface area (Å²) in [6.45, 7) is 0.117. The molecular formula is C19H15ClNO4S+. The van der Waals surface area contributed by atoms with Crippen LogP contribution in [0, 0.1) is 0 Å². The second-order valence-corrected chi connectivity index (χ2v) is 7.46. The van der Waals surface area contributed by atoms with Crippen molar-refractivity contribution in [3.05, 3.63) is 94.8 Å². The molecule has 0 saturated carbocycles. The molecule has 0 radical (unpaired) electrons. The van der Waals surface area contributed by atoms with Crippen molar-refractivity contribution in [3.8, 4) is 0 Å². The normalized spacial score (nSPS) is 11.3. The summed E-state index contributed by atoms with van der Waals surface area (Å²) < 4.78 is 34.2. The summed E-state index contributed by atoms with van der Waals surface area (Å²) >= 11 is 5.86. The standard InChI is InChI=1S/C19H14ClNO4S/c20-16-10-8-14(9-11-16)19(22)17-6-3-4-12-21(17)13-15-5-1-2-7-18(15)26(23,24)25/h1-12H,13H2/p+1. The Bertz CT molecular complexity index is 1060. The van der Waals surface area contributed by atoms with E-state index in [1.807, 2.05) is 0 Å². The highest BCUT2D eigenvalue weighted by Crippen LogP contribution is 2.16. The predicted molar refractivity (Wildman–Crippen MR) is 96.9 cm³/mol. The molecule has 26 heavy (non-hydrogen) atoms. The Labute approximate surface area is 156 Å². The molecule has 0 bridgehead atoms. The fourth-order valence-electron chi connectivity index (χ4n) is 2.64. The van der Waals surface area contributed by atoms with Crippen LogP contribution >= 0.6 is 11.6 Å². The highest BCUT2D eigenvalue weighted by molar-refractivity contribution is 7.85. The molecule has 5 nitrogen and oxygen atoms in total. The second-order valence-electron chi connectivity index (χ2n) is 5.63. The van der Waals surface area contributed by atoms with E-state index >= 15 is 0 Å². The van der Waals surface area contributed by atoms with Gasteiger partial charge in [0.15, 0.2) is 12.7 Å². The number of rotatable bonds is 5. The van der Waals surface area contributed by atoms with E-state index in [0.29, 0.717) is 21.8 Å². The van der Waals surface area contributed by atoms with E-state index in [0.717, 1.165) is 0 Å². The van der Waals surface area contributed by atoms with Crippen LogP contribution in [0.4, 0.5) is 0 Å². The molecule has 1 heterocycles. The number of ketones is 1. The number of pyridine rings is 1. The first kappa shape index (κ1) is 18.3. The molecule has 0 aliphatic carbocycles. The molecule has 0 saturated heterocycles. The fraction of sp³-hybridized carbons (Fsp3) is 0.0526. The summed E-state index contributed by atoms with van der Waals surface area (Å²) in [6.07, 6.45) is 1.68. The van der Waals surface area contributed by atoms with E-state index in [1.54, 1.807) is 65.4 Å². The van der Waals surface area contributed by atoms with Crippen LogP contribution in [0.5, 0.6) is 0 Å². The van der Waals surface area contributed by atoms with Gasteiger partial charge in [0, 0.05) is 28.3 Å². The highest BCUT2D eigenvalue weighted by Gasteiger charge is 2.23. The summed E-state index contributed by atoms with van der Waals surface area (Å²) in [5, 5.41) is 0.532. The first-order valence-corrected chi connectivity index (χ1v) is 9.52. The highest BCUT2D eigenvalue weighted by atomic mass is 35.5. The lowest BCUT2D eigenvalue weighted by atomic mass is 10.1. The number of carbonyl (C=O) groups excluding carboxylic acids is 1. The van der Waals surface area contributed by atoms with Crippen LogP contribution in [0.2, 0.25) is 5.02 Å². The topological polar surface area (TPSA) is 75.3 Å². The number of hydrogen-bond donors (Lipinski definition) is 1. The molecule has 3 rings (SSSR count). The summed E-state index contributed by atoms with van der Waals surface area (Å²) in [5.74, 6) is -0.216. The Morgan fingerprint density at radius 2 is 1.62 bits per heavy atom. The average Bonchev–Trinajstić information content (AvgIpc) is 2.62. The van der Waals surface area contributed by atoms with Gasteiger partial charge in [0.05, 0.1) is 0 Å². The summed E-state index contributed by atoms with van der Waals surface area (Å²) in [4.78, 5) is 12.6. The molecule has 0 aliphatic rings. The van der Waals surface area contributed by atoms with Gasteiger partial charge in [-0.25, -0.2) is 0 Å². The summed E-state index contributed by atoms with van der Waals surface area (Å²) in [7, 11) is -4.36. The van der Waals surface area contributed by atoms with Gasteiger partial charge < -0.3 is 0 Å². The quantitative estimate of drug-likeness (QED) is 0.414. The van der Waals surface area contributed by atoms with Gasteiger partial charge in [0.1, 0.15) is 4.90 Å². The van der Waals surface area contributed by atoms with Gasteiger partial charge in [0.25, 0.3) is 21.6 Å². The molecule has 7 heteroatoms. The number of nitrogens with zero attached hydrogens (tertiary/aromatic N) is 1. The monoisotopic (exact) mass is 388 g/mol. The number of aromatic nitrogens is 1. The third-order valence-corrected chi connectivity index (χ3v) is 5.08. The van der Waals surface area contributed by atoms with Gasteiger partial charge in [-0.15, -0.1) is 0 Å². The van der Waals surface area contributed by atoms with Crippen molar-refractivity contribution < 1.29 is 22.3 Å². The Morgan fingerprint density at radius 3 is 2.31 bits per heavy atom. The molecule has 132 valence electrons. The van der Waals surface area contributed by atoms with E-state index in [4.69, 9.17) is 11.6 Å². The lowest BCUT2D eigenvalue weighted by Crippen LogP contribution is -2.41. The average molecular weight is 389 g/mol. The van der Waals surface area contributed by atoms with Crippen molar-refractivity contribution in [3.63, 3.8) is 0 Å². The smallest absolute Gasteiger partial charge is 0.282 e. The third kappa shape index (κ3) is 3.99. The lowest BCUT2D eigenvalue weighted by molar-refractivity contribution is -0.690. The number of halogens is 1. The zero-order valence-corrected chi connectivity index (χ0v) is 15.1. The van der Waals surface area contributed by atoms with E-state index in [2.05, 4.69) is 0 Å². The van der Waals surface area contributed by atoms with Crippen molar-refractivity contribution in [2.45, 2.75) is 11.4 Å². The van der Waals surface area contributed by atoms with Gasteiger partial charge in [-0.05, 0) is 36.4 Å². The molecular weight excluding hydrogens is 374 g/mol. The third-order valence-electron chi connectivity index (χ3n) is 3.87. The van der Waals surface area contributed by atoms with E-state index in [9.17, 15) is 17.8 Å². The second kappa shape index (κ2) is 7.37. The van der Waals surface area contributed by atoms with Gasteiger partial charge >= 0.3 is 0 Å². The van der Waals surface area contributed by atoms with Crippen molar-refractivity contribution in [2.75, 3.05) is 0 Å². The van der Waals surface area contributed by atoms with Crippen LogP contribution in [-0.4, -0.2) is 18.8 Å². The largest absolute Gasteiger partial charge is 0.295 e. The molecule has 1 aromatic heterocycles. The Kier molecular flexibility index (Phi) is 5.18. The minimum Gasteiger partial charge on any atom is -0.282 e. The minimum absolute atomic E-state index is 0.117. The van der Waals surface area contributed by atoms with Crippen LogP contribution in [0.15, 0.2) is 77.8 Å². The number of benzene rings is 2. The molecule has 2 aromatic carbocycles. The Balaban J connectivity index is 2.02. The first-order chi connectivity index (χ1) is 12.4. The van der Waals surface area contributed by atoms with Gasteiger partial charge in [0.2, 0.25) is 0 Å². The van der Waals surface area contributed by atoms with Crippen LogP contribution in [0.1, 0.15) is 21.6 Å². The van der Waals surface area contributed by atoms with E-state index in [-0.39, 0.29) is 17.2 Å². The maximum Gasteiger partial charge on any atom is 0.295 e. The van der Waals surface area contributed by atoms with Crippen molar-refractivity contribution in [1.82, 2.24) is 0 Å². The summed E-state index contributed by atoms with van der Waals surface area (Å²) in [6, 6.07) is 17.8. The Hall–Kier alpha value is -2.54. The zero-order valence-electron chi connectivity index (χ0n) is 13.5. The van der Waals surface area contributed by atoms with Crippen LogP contribution in [-0.2, 0) is 16.7 Å². The molecule has 1 N–H and O–H groups in total. The van der Waals surface area contributed by atoms with E-state index < -0.39 is 10.1 Å². The lowest BCUT2D eigenvalue weighted by Gasteiger charge is -2.07. The molecule has 0 unspecified atom stereocenters. The first-order valence-electron chi connectivity index (χ1n) is 7.70. The summed E-state index contributed by atoms with van der Waals surface area (Å²) in [5.41, 5.74) is 1.24. The van der Waals surface area contributed by atoms with Gasteiger partial charge in [-0.3, -0.25) is 9.35 Å². The van der Waals surface area contributed by atoms with Gasteiger partial charge in [-0.1, -0.05) is 29.8 Å². The number of hydrogen-bond acceptors (Lipinski definition) is 3. The maximum atomic E-state index is 12.8. The van der Waals surface area contributed by atoms with E-state index in [1.165, 1.54) is 12.1 Å². The predicted octanol–water partition coefficient (Wildman–Crippen LogP) is 3.15. The Morgan fingerprint density at radius 1 is 0.962 bits per heavy atom.